The van der Waals surface area contributed by atoms with Gasteiger partial charge in [0.15, 0.2) is 0 Å². The molecule has 116 valence electrons. The molecule has 1 unspecified atom stereocenters. The topological polar surface area (TPSA) is 42.7 Å². The summed E-state index contributed by atoms with van der Waals surface area (Å²) < 4.78 is 1.78. The molecule has 0 aliphatic heterocycles. The number of rotatable bonds is 12. The molecule has 1 rings (SSSR count). The predicted molar refractivity (Wildman–Crippen MR) is 84.8 cm³/mol. The average molecular weight is 280 g/mol. The molecule has 0 bridgehead atoms. The molecule has 0 aromatic carbocycles. The molecule has 1 heterocycles. The fourth-order valence-electron chi connectivity index (χ4n) is 2.65. The van der Waals surface area contributed by atoms with Crippen molar-refractivity contribution in [1.29, 1.82) is 0 Å². The van der Waals surface area contributed by atoms with Crippen molar-refractivity contribution in [3.63, 3.8) is 0 Å². The predicted octanol–water partition coefficient (Wildman–Crippen LogP) is 3.48. The maximum atomic E-state index is 4.19. The van der Waals surface area contributed by atoms with E-state index in [0.717, 1.165) is 18.7 Å². The van der Waals surface area contributed by atoms with E-state index in [9.17, 15) is 0 Å². The SMILES string of the molecule is CCCCCCCCCC(Cc1cn(C)nn1)NCC. The first-order valence-electron chi connectivity index (χ1n) is 8.34. The van der Waals surface area contributed by atoms with Gasteiger partial charge >= 0.3 is 0 Å². The highest BCUT2D eigenvalue weighted by atomic mass is 15.4. The molecule has 4 heteroatoms. The second kappa shape index (κ2) is 10.8. The van der Waals surface area contributed by atoms with Crippen molar-refractivity contribution in [2.45, 2.75) is 77.7 Å². The second-order valence-electron chi connectivity index (χ2n) is 5.75. The van der Waals surface area contributed by atoms with Crippen LogP contribution >= 0.6 is 0 Å². The van der Waals surface area contributed by atoms with Crippen LogP contribution in [0.2, 0.25) is 0 Å². The van der Waals surface area contributed by atoms with Crippen molar-refractivity contribution in [2.75, 3.05) is 6.54 Å². The zero-order chi connectivity index (χ0) is 14.6. The number of nitrogens with zero attached hydrogens (tertiary/aromatic N) is 3. The summed E-state index contributed by atoms with van der Waals surface area (Å²) >= 11 is 0. The van der Waals surface area contributed by atoms with E-state index >= 15 is 0 Å². The molecular formula is C16H32N4. The minimum atomic E-state index is 0.548. The molecule has 20 heavy (non-hydrogen) atoms. The van der Waals surface area contributed by atoms with Crippen LogP contribution in [-0.2, 0) is 13.5 Å². The Morgan fingerprint density at radius 3 is 2.40 bits per heavy atom. The quantitative estimate of drug-likeness (QED) is 0.596. The van der Waals surface area contributed by atoms with Gasteiger partial charge < -0.3 is 5.32 Å². The van der Waals surface area contributed by atoms with Crippen molar-refractivity contribution < 1.29 is 0 Å². The monoisotopic (exact) mass is 280 g/mol. The van der Waals surface area contributed by atoms with Crippen LogP contribution in [0.25, 0.3) is 0 Å². The van der Waals surface area contributed by atoms with E-state index in [1.807, 2.05) is 13.2 Å². The highest BCUT2D eigenvalue weighted by Crippen LogP contribution is 2.11. The van der Waals surface area contributed by atoms with Gasteiger partial charge in [-0.3, -0.25) is 4.68 Å². The molecule has 0 saturated heterocycles. The van der Waals surface area contributed by atoms with Crippen LogP contribution in [-0.4, -0.2) is 27.6 Å². The standard InChI is InChI=1S/C16H32N4/c1-4-6-7-8-9-10-11-12-15(17-5-2)13-16-14-20(3)19-18-16/h14-15,17H,4-13H2,1-3H3. The molecule has 0 fully saturated rings. The maximum absolute atomic E-state index is 4.19. The van der Waals surface area contributed by atoms with Gasteiger partial charge in [0, 0.05) is 25.7 Å². The van der Waals surface area contributed by atoms with E-state index in [1.54, 1.807) is 4.68 Å². The number of hydrogen-bond donors (Lipinski definition) is 1. The third-order valence-corrected chi connectivity index (χ3v) is 3.75. The Bertz CT molecular complexity index is 335. The molecule has 0 radical (unpaired) electrons. The van der Waals surface area contributed by atoms with E-state index in [4.69, 9.17) is 0 Å². The van der Waals surface area contributed by atoms with Gasteiger partial charge in [0.1, 0.15) is 0 Å². The van der Waals surface area contributed by atoms with Crippen LogP contribution in [0.1, 0.15) is 70.9 Å². The van der Waals surface area contributed by atoms with Gasteiger partial charge in [-0.2, -0.15) is 0 Å². The lowest BCUT2D eigenvalue weighted by Crippen LogP contribution is -2.31. The molecule has 0 saturated carbocycles. The van der Waals surface area contributed by atoms with Crippen LogP contribution in [0.4, 0.5) is 0 Å². The Morgan fingerprint density at radius 2 is 1.80 bits per heavy atom. The summed E-state index contributed by atoms with van der Waals surface area (Å²) in [5.41, 5.74) is 1.10. The summed E-state index contributed by atoms with van der Waals surface area (Å²) in [5.74, 6) is 0. The van der Waals surface area contributed by atoms with Gasteiger partial charge in [-0.1, -0.05) is 64.0 Å². The zero-order valence-electron chi connectivity index (χ0n) is 13.6. The molecule has 1 aromatic heterocycles. The molecule has 0 aliphatic carbocycles. The molecule has 0 aliphatic rings. The van der Waals surface area contributed by atoms with Crippen LogP contribution in [0, 0.1) is 0 Å². The summed E-state index contributed by atoms with van der Waals surface area (Å²) in [6, 6.07) is 0.548. The average Bonchev–Trinajstić information content (AvgIpc) is 2.83. The van der Waals surface area contributed by atoms with Crippen molar-refractivity contribution in [3.05, 3.63) is 11.9 Å². The molecular weight excluding hydrogens is 248 g/mol. The summed E-state index contributed by atoms with van der Waals surface area (Å²) in [7, 11) is 1.93. The van der Waals surface area contributed by atoms with Crippen molar-refractivity contribution in [2.24, 2.45) is 7.05 Å². The third-order valence-electron chi connectivity index (χ3n) is 3.75. The first kappa shape index (κ1) is 17.2. The van der Waals surface area contributed by atoms with Crippen LogP contribution in [0.3, 0.4) is 0 Å². The highest BCUT2D eigenvalue weighted by Gasteiger charge is 2.10. The Kier molecular flexibility index (Phi) is 9.29. The number of aromatic nitrogens is 3. The lowest BCUT2D eigenvalue weighted by molar-refractivity contribution is 0.455. The molecule has 0 spiro atoms. The van der Waals surface area contributed by atoms with Crippen molar-refractivity contribution >= 4 is 0 Å². The number of nitrogens with one attached hydrogen (secondary N) is 1. The first-order valence-corrected chi connectivity index (χ1v) is 8.34. The van der Waals surface area contributed by atoms with Gasteiger partial charge in [-0.25, -0.2) is 0 Å². The summed E-state index contributed by atoms with van der Waals surface area (Å²) in [4.78, 5) is 0. The fraction of sp³-hybridized carbons (Fsp3) is 0.875. The van der Waals surface area contributed by atoms with Gasteiger partial charge in [0.25, 0.3) is 0 Å². The Hall–Kier alpha value is -0.900. The van der Waals surface area contributed by atoms with Gasteiger partial charge in [0.2, 0.25) is 0 Å². The minimum Gasteiger partial charge on any atom is -0.314 e. The zero-order valence-corrected chi connectivity index (χ0v) is 13.6. The smallest absolute Gasteiger partial charge is 0.0842 e. The van der Waals surface area contributed by atoms with Crippen molar-refractivity contribution in [3.8, 4) is 0 Å². The van der Waals surface area contributed by atoms with Gasteiger partial charge in [-0.15, -0.1) is 5.10 Å². The van der Waals surface area contributed by atoms with Crippen LogP contribution in [0.5, 0.6) is 0 Å². The fourth-order valence-corrected chi connectivity index (χ4v) is 2.65. The molecule has 1 N–H and O–H groups in total. The number of unbranched alkanes of at least 4 members (excludes halogenated alkanes) is 6. The maximum Gasteiger partial charge on any atom is 0.0842 e. The molecule has 1 atom stereocenters. The number of hydrogen-bond acceptors (Lipinski definition) is 3. The van der Waals surface area contributed by atoms with E-state index in [0.29, 0.717) is 6.04 Å². The number of likely N-dealkylation sites (N-methyl/N-ethyl adjacent to an activating group) is 1. The Morgan fingerprint density at radius 1 is 1.10 bits per heavy atom. The number of aryl methyl sites for hydroxylation is 1. The third kappa shape index (κ3) is 7.63. The Balaban J connectivity index is 2.15. The summed E-state index contributed by atoms with van der Waals surface area (Å²) in [6.45, 7) is 5.48. The van der Waals surface area contributed by atoms with Crippen LogP contribution in [0.15, 0.2) is 6.20 Å². The van der Waals surface area contributed by atoms with E-state index in [2.05, 4.69) is 29.5 Å². The molecule has 4 nitrogen and oxygen atoms in total. The summed E-state index contributed by atoms with van der Waals surface area (Å²) in [6.07, 6.45) is 13.9. The van der Waals surface area contributed by atoms with E-state index in [1.165, 1.54) is 51.4 Å². The normalized spacial score (nSPS) is 12.8. The Labute approximate surface area is 124 Å². The summed E-state index contributed by atoms with van der Waals surface area (Å²) in [5, 5.41) is 11.8. The van der Waals surface area contributed by atoms with Gasteiger partial charge in [0.05, 0.1) is 5.69 Å². The first-order chi connectivity index (χ1) is 9.76. The van der Waals surface area contributed by atoms with Gasteiger partial charge in [-0.05, 0) is 13.0 Å². The highest BCUT2D eigenvalue weighted by molar-refractivity contribution is 4.95. The largest absolute Gasteiger partial charge is 0.314 e. The molecule has 1 aromatic rings. The second-order valence-corrected chi connectivity index (χ2v) is 5.75. The van der Waals surface area contributed by atoms with Crippen LogP contribution < -0.4 is 5.32 Å². The van der Waals surface area contributed by atoms with Crippen molar-refractivity contribution in [1.82, 2.24) is 20.3 Å². The van der Waals surface area contributed by atoms with E-state index in [-0.39, 0.29) is 0 Å². The molecule has 0 amide bonds. The van der Waals surface area contributed by atoms with E-state index < -0.39 is 0 Å². The minimum absolute atomic E-state index is 0.548. The lowest BCUT2D eigenvalue weighted by atomic mass is 10.0. The lowest BCUT2D eigenvalue weighted by Gasteiger charge is -2.16.